The predicted molar refractivity (Wildman–Crippen MR) is 102 cm³/mol. The van der Waals surface area contributed by atoms with Gasteiger partial charge in [-0.1, -0.05) is 30.3 Å². The maximum Gasteiger partial charge on any atom is 0.208 e. The summed E-state index contributed by atoms with van der Waals surface area (Å²) in [6, 6.07) is 15.4. The zero-order chi connectivity index (χ0) is 19.0. The van der Waals surface area contributed by atoms with Crippen molar-refractivity contribution >= 4 is 26.4 Å². The summed E-state index contributed by atoms with van der Waals surface area (Å²) in [6.45, 7) is 0.809. The van der Waals surface area contributed by atoms with Gasteiger partial charge in [-0.15, -0.1) is 0 Å². The van der Waals surface area contributed by atoms with E-state index < -0.39 is 22.0 Å². The van der Waals surface area contributed by atoms with Gasteiger partial charge in [0.1, 0.15) is 0 Å². The molecule has 1 aromatic heterocycles. The molecule has 0 amide bonds. The van der Waals surface area contributed by atoms with Crippen LogP contribution in [0.25, 0.3) is 10.9 Å². The molecule has 27 heavy (non-hydrogen) atoms. The number of hydrogen-bond acceptors (Lipinski definition) is 6. The molecule has 7 heteroatoms. The lowest BCUT2D eigenvalue weighted by Gasteiger charge is -2.35. The fourth-order valence-corrected chi connectivity index (χ4v) is 4.77. The van der Waals surface area contributed by atoms with E-state index >= 15 is 0 Å². The van der Waals surface area contributed by atoms with E-state index in [9.17, 15) is 18.6 Å². The number of β-amino-alcohol motifs (C(OH)–C–C–N with tert-alkyl or cyclic N) is 2. The summed E-state index contributed by atoms with van der Waals surface area (Å²) in [5.41, 5.74) is 1.42. The number of anilines is 1. The van der Waals surface area contributed by atoms with Crippen LogP contribution in [0.2, 0.25) is 0 Å². The fourth-order valence-electron chi connectivity index (χ4n) is 3.51. The molecule has 2 aromatic carbocycles. The van der Waals surface area contributed by atoms with E-state index in [-0.39, 0.29) is 9.79 Å². The lowest BCUT2D eigenvalue weighted by atomic mass is 10.0. The summed E-state index contributed by atoms with van der Waals surface area (Å²) in [5, 5.41) is 20.6. The van der Waals surface area contributed by atoms with Crippen molar-refractivity contribution in [1.82, 2.24) is 4.98 Å². The van der Waals surface area contributed by atoms with Gasteiger partial charge in [0.25, 0.3) is 0 Å². The first-order valence-corrected chi connectivity index (χ1v) is 10.2. The van der Waals surface area contributed by atoms with Crippen LogP contribution >= 0.6 is 0 Å². The van der Waals surface area contributed by atoms with Crippen molar-refractivity contribution in [1.29, 1.82) is 0 Å². The Balaban J connectivity index is 1.77. The Bertz CT molecular complexity index is 1060. The molecule has 1 fully saturated rings. The van der Waals surface area contributed by atoms with Crippen LogP contribution in [0.4, 0.5) is 5.69 Å². The predicted octanol–water partition coefficient (Wildman–Crippen LogP) is 2.00. The van der Waals surface area contributed by atoms with Crippen LogP contribution in [0.5, 0.6) is 0 Å². The number of pyridine rings is 1. The average molecular weight is 384 g/mol. The number of piperidine rings is 1. The second-order valence-corrected chi connectivity index (χ2v) is 8.73. The second-order valence-electron chi connectivity index (χ2n) is 6.78. The third-order valence-electron chi connectivity index (χ3n) is 4.78. The Kier molecular flexibility index (Phi) is 4.59. The van der Waals surface area contributed by atoms with Crippen LogP contribution in [0.15, 0.2) is 70.6 Å². The van der Waals surface area contributed by atoms with Crippen LogP contribution in [0.1, 0.15) is 6.42 Å². The molecule has 0 radical (unpaired) electrons. The first kappa shape index (κ1) is 17.9. The monoisotopic (exact) mass is 384 g/mol. The van der Waals surface area contributed by atoms with Crippen molar-refractivity contribution in [3.05, 3.63) is 60.8 Å². The Morgan fingerprint density at radius 1 is 0.926 bits per heavy atom. The minimum atomic E-state index is -3.64. The van der Waals surface area contributed by atoms with E-state index in [4.69, 9.17) is 0 Å². The summed E-state index contributed by atoms with van der Waals surface area (Å²) < 4.78 is 25.7. The van der Waals surface area contributed by atoms with E-state index in [1.165, 1.54) is 6.20 Å². The molecule has 140 valence electrons. The number of nitrogens with zero attached hydrogens (tertiary/aromatic N) is 2. The largest absolute Gasteiger partial charge is 0.391 e. The van der Waals surface area contributed by atoms with Crippen LogP contribution in [0.3, 0.4) is 0 Å². The number of sulfone groups is 1. The molecule has 6 nitrogen and oxygen atoms in total. The van der Waals surface area contributed by atoms with Crippen LogP contribution in [-0.4, -0.2) is 48.9 Å². The van der Waals surface area contributed by atoms with Gasteiger partial charge >= 0.3 is 0 Å². The third-order valence-corrected chi connectivity index (χ3v) is 6.51. The van der Waals surface area contributed by atoms with Crippen molar-refractivity contribution in [2.24, 2.45) is 0 Å². The van der Waals surface area contributed by atoms with E-state index in [2.05, 4.69) is 4.98 Å². The maximum atomic E-state index is 12.8. The second kappa shape index (κ2) is 6.92. The summed E-state index contributed by atoms with van der Waals surface area (Å²) in [4.78, 5) is 6.67. The summed E-state index contributed by atoms with van der Waals surface area (Å²) in [6.07, 6.45) is 0.502. The molecule has 4 rings (SSSR count). The number of rotatable bonds is 3. The number of hydrogen-bond donors (Lipinski definition) is 2. The zero-order valence-corrected chi connectivity index (χ0v) is 15.4. The molecule has 0 spiro atoms. The normalized spacial score (nSPS) is 20.7. The molecule has 2 heterocycles. The lowest BCUT2D eigenvalue weighted by Crippen LogP contribution is -2.45. The quantitative estimate of drug-likeness (QED) is 0.718. The molecule has 0 aliphatic carbocycles. The van der Waals surface area contributed by atoms with Gasteiger partial charge in [0, 0.05) is 31.1 Å². The molecule has 1 aliphatic rings. The van der Waals surface area contributed by atoms with Gasteiger partial charge in [-0.3, -0.25) is 4.98 Å². The molecule has 0 unspecified atom stereocenters. The van der Waals surface area contributed by atoms with Crippen molar-refractivity contribution in [3.63, 3.8) is 0 Å². The van der Waals surface area contributed by atoms with Crippen molar-refractivity contribution < 1.29 is 18.6 Å². The van der Waals surface area contributed by atoms with Crippen molar-refractivity contribution in [3.8, 4) is 0 Å². The highest BCUT2D eigenvalue weighted by molar-refractivity contribution is 7.91. The van der Waals surface area contributed by atoms with Gasteiger partial charge in [0.15, 0.2) is 0 Å². The van der Waals surface area contributed by atoms with Gasteiger partial charge in [0.05, 0.1) is 33.2 Å². The lowest BCUT2D eigenvalue weighted by molar-refractivity contribution is 0.0652. The summed E-state index contributed by atoms with van der Waals surface area (Å²) in [7, 11) is -3.64. The third kappa shape index (κ3) is 3.41. The van der Waals surface area contributed by atoms with E-state index in [0.717, 1.165) is 5.69 Å². The highest BCUT2D eigenvalue weighted by Gasteiger charge is 2.26. The average Bonchev–Trinajstić information content (AvgIpc) is 2.67. The molecule has 1 aliphatic heterocycles. The minimum Gasteiger partial charge on any atom is -0.391 e. The van der Waals surface area contributed by atoms with Gasteiger partial charge in [-0.2, -0.15) is 0 Å². The first-order chi connectivity index (χ1) is 12.9. The number of fused-ring (bicyclic) bond motifs is 1. The molecular weight excluding hydrogens is 364 g/mol. The Hall–Kier alpha value is -2.48. The maximum absolute atomic E-state index is 12.8. The SMILES string of the molecule is O=S(=O)(c1ccccc1)c1cnc2c(N3C[C@H](O)C[C@H](O)C3)cccc2c1. The number of aliphatic hydroxyl groups is 2. The Morgan fingerprint density at radius 2 is 1.63 bits per heavy atom. The van der Waals surface area contributed by atoms with Crippen molar-refractivity contribution in [2.75, 3.05) is 18.0 Å². The van der Waals surface area contributed by atoms with Crippen LogP contribution < -0.4 is 4.90 Å². The first-order valence-electron chi connectivity index (χ1n) is 8.75. The van der Waals surface area contributed by atoms with E-state index in [1.807, 2.05) is 23.1 Å². The Morgan fingerprint density at radius 3 is 2.33 bits per heavy atom. The molecular formula is C20H20N2O4S. The molecule has 0 saturated carbocycles. The number of aromatic nitrogens is 1. The summed E-state index contributed by atoms with van der Waals surface area (Å²) >= 11 is 0. The van der Waals surface area contributed by atoms with E-state index in [0.29, 0.717) is 30.4 Å². The van der Waals surface area contributed by atoms with E-state index in [1.54, 1.807) is 36.4 Å². The van der Waals surface area contributed by atoms with Crippen LogP contribution in [-0.2, 0) is 9.84 Å². The number of benzene rings is 2. The molecule has 2 atom stereocenters. The zero-order valence-electron chi connectivity index (χ0n) is 14.6. The molecule has 3 aromatic rings. The van der Waals surface area contributed by atoms with Gasteiger partial charge in [0.2, 0.25) is 9.84 Å². The number of aliphatic hydroxyl groups excluding tert-OH is 2. The van der Waals surface area contributed by atoms with Gasteiger partial charge < -0.3 is 15.1 Å². The highest BCUT2D eigenvalue weighted by Crippen LogP contribution is 2.30. The highest BCUT2D eigenvalue weighted by atomic mass is 32.2. The fraction of sp³-hybridized carbons (Fsp3) is 0.250. The van der Waals surface area contributed by atoms with Gasteiger partial charge in [-0.25, -0.2) is 8.42 Å². The smallest absolute Gasteiger partial charge is 0.208 e. The molecule has 2 N–H and O–H groups in total. The number of para-hydroxylation sites is 1. The van der Waals surface area contributed by atoms with Gasteiger partial charge in [-0.05, 0) is 24.3 Å². The molecule has 1 saturated heterocycles. The summed E-state index contributed by atoms with van der Waals surface area (Å²) in [5.74, 6) is 0. The minimum absolute atomic E-state index is 0.136. The Labute approximate surface area is 157 Å². The van der Waals surface area contributed by atoms with Crippen molar-refractivity contribution in [2.45, 2.75) is 28.4 Å². The standard InChI is InChI=1S/C20H20N2O4S/c23-15-10-16(24)13-22(12-15)19-8-4-5-14-9-18(11-21-20(14)19)27(25,26)17-6-2-1-3-7-17/h1-9,11,15-16,23-24H,10,12-13H2/t15-,16+. The van der Waals surface area contributed by atoms with Crippen LogP contribution in [0, 0.1) is 0 Å². The molecule has 0 bridgehead atoms. The topological polar surface area (TPSA) is 90.7 Å².